The Bertz CT molecular complexity index is 837. The van der Waals surface area contributed by atoms with Gasteiger partial charge in [-0.1, -0.05) is 65.0 Å². The largest absolute Gasteiger partial charge is 0.409 e. The van der Waals surface area contributed by atoms with Crippen molar-refractivity contribution in [3.05, 3.63) is 35.9 Å². The van der Waals surface area contributed by atoms with Crippen LogP contribution in [0.15, 0.2) is 30.3 Å². The third-order valence-electron chi connectivity index (χ3n) is 9.24. The first kappa shape index (κ1) is 29.8. The number of ether oxygens (including phenoxy) is 3. The van der Waals surface area contributed by atoms with Crippen LogP contribution in [0.4, 0.5) is 0 Å². The first-order valence-electron chi connectivity index (χ1n) is 13.9. The minimum Gasteiger partial charge on any atom is -0.409 e. The van der Waals surface area contributed by atoms with Crippen LogP contribution >= 0.6 is 0 Å². The molecule has 0 aromatic heterocycles. The average molecular weight is 521 g/mol. The van der Waals surface area contributed by atoms with Gasteiger partial charge in [0.05, 0.1) is 42.2 Å². The van der Waals surface area contributed by atoms with E-state index in [0.29, 0.717) is 19.1 Å². The summed E-state index contributed by atoms with van der Waals surface area (Å²) in [6, 6.07) is 10.3. The van der Waals surface area contributed by atoms with E-state index in [9.17, 15) is 5.11 Å². The number of aliphatic hydroxyl groups excluding tert-OH is 1. The zero-order valence-electron chi connectivity index (χ0n) is 24.4. The maximum atomic E-state index is 9.29. The van der Waals surface area contributed by atoms with E-state index in [4.69, 9.17) is 18.6 Å². The minimum absolute atomic E-state index is 0.102. The molecule has 0 unspecified atom stereocenters. The molecule has 2 aliphatic rings. The van der Waals surface area contributed by atoms with Crippen LogP contribution in [-0.2, 0) is 25.2 Å². The highest BCUT2D eigenvalue weighted by Gasteiger charge is 2.60. The first-order chi connectivity index (χ1) is 16.7. The zero-order chi connectivity index (χ0) is 26.8. The number of epoxide rings is 1. The third kappa shape index (κ3) is 6.81. The van der Waals surface area contributed by atoms with E-state index in [0.717, 1.165) is 32.1 Å². The van der Waals surface area contributed by atoms with Gasteiger partial charge in [0.25, 0.3) is 0 Å². The molecule has 2 fully saturated rings. The van der Waals surface area contributed by atoms with Crippen molar-refractivity contribution in [1.82, 2.24) is 0 Å². The molecular weight excluding hydrogens is 468 g/mol. The molecule has 0 aliphatic carbocycles. The number of hydrogen-bond acceptors (Lipinski definition) is 5. The van der Waals surface area contributed by atoms with Crippen LogP contribution in [-0.4, -0.2) is 55.6 Å². The van der Waals surface area contributed by atoms with Crippen LogP contribution in [0.2, 0.25) is 18.1 Å². The molecule has 1 aromatic rings. The highest BCUT2D eigenvalue weighted by molar-refractivity contribution is 6.74. The SMILES string of the molecule is CC(C)[C@@]1(C[C@H]2O[C@]2(C)CCCO)CC[C@](C)([C@H](COCc2ccccc2)O[Si](C)(C)C(C)(C)C)O1. The second-order valence-electron chi connectivity index (χ2n) is 13.5. The van der Waals surface area contributed by atoms with Gasteiger partial charge in [0.15, 0.2) is 8.32 Å². The lowest BCUT2D eigenvalue weighted by Crippen LogP contribution is -2.54. The van der Waals surface area contributed by atoms with Crippen molar-refractivity contribution in [2.75, 3.05) is 13.2 Å². The van der Waals surface area contributed by atoms with Crippen LogP contribution in [0.5, 0.6) is 0 Å². The summed E-state index contributed by atoms with van der Waals surface area (Å²) in [5, 5.41) is 9.39. The molecule has 206 valence electrons. The Hall–Kier alpha value is -0.763. The lowest BCUT2D eigenvalue weighted by Gasteiger charge is -2.45. The Morgan fingerprint density at radius 2 is 1.78 bits per heavy atom. The van der Waals surface area contributed by atoms with E-state index >= 15 is 0 Å². The molecule has 0 radical (unpaired) electrons. The second kappa shape index (κ2) is 11.2. The van der Waals surface area contributed by atoms with Crippen LogP contribution in [0.25, 0.3) is 0 Å². The normalized spacial score (nSPS) is 31.7. The minimum atomic E-state index is -2.05. The van der Waals surface area contributed by atoms with Crippen LogP contribution < -0.4 is 0 Å². The van der Waals surface area contributed by atoms with Gasteiger partial charge < -0.3 is 23.7 Å². The molecule has 6 heteroatoms. The van der Waals surface area contributed by atoms with Gasteiger partial charge in [0.1, 0.15) is 0 Å². The quantitative estimate of drug-likeness (QED) is 0.227. The molecule has 3 rings (SSSR count). The van der Waals surface area contributed by atoms with Crippen LogP contribution in [0.3, 0.4) is 0 Å². The lowest BCUT2D eigenvalue weighted by molar-refractivity contribution is -0.175. The van der Waals surface area contributed by atoms with Crippen LogP contribution in [0.1, 0.15) is 86.1 Å². The number of hydrogen-bond donors (Lipinski definition) is 1. The van der Waals surface area contributed by atoms with E-state index in [2.05, 4.69) is 85.8 Å². The number of rotatable bonds is 13. The fourth-order valence-electron chi connectivity index (χ4n) is 5.28. The molecule has 0 bridgehead atoms. The molecule has 1 aromatic carbocycles. The standard InChI is InChI=1S/C30H52O5Si/c1-23(2)30(20-25-28(6,33-25)16-13-19-31)18-17-29(7,35-30)26(34-36(8,9)27(3,4)5)22-32-21-24-14-11-10-12-15-24/h10-12,14-15,23,25-26,31H,13,16-22H2,1-9H3/t25-,26+,28-,29-,30+/m1/s1. The molecule has 0 saturated carbocycles. The van der Waals surface area contributed by atoms with Crippen LogP contribution in [0, 0.1) is 5.92 Å². The predicted molar refractivity (Wildman–Crippen MR) is 149 cm³/mol. The summed E-state index contributed by atoms with van der Waals surface area (Å²) < 4.78 is 26.7. The molecule has 36 heavy (non-hydrogen) atoms. The summed E-state index contributed by atoms with van der Waals surface area (Å²) in [6.45, 7) is 21.7. The van der Waals surface area contributed by atoms with Gasteiger partial charge in [-0.2, -0.15) is 0 Å². The second-order valence-corrected chi connectivity index (χ2v) is 18.2. The molecule has 2 heterocycles. The number of benzene rings is 1. The predicted octanol–water partition coefficient (Wildman–Crippen LogP) is 6.88. The molecule has 5 atom stereocenters. The maximum Gasteiger partial charge on any atom is 0.192 e. The Labute approximate surface area is 221 Å². The number of aliphatic hydroxyl groups is 1. The van der Waals surface area contributed by atoms with E-state index in [1.165, 1.54) is 5.56 Å². The highest BCUT2D eigenvalue weighted by atomic mass is 28.4. The Morgan fingerprint density at radius 3 is 2.36 bits per heavy atom. The smallest absolute Gasteiger partial charge is 0.192 e. The van der Waals surface area contributed by atoms with Crippen molar-refractivity contribution in [1.29, 1.82) is 0 Å². The molecule has 0 amide bonds. The van der Waals surface area contributed by atoms with E-state index in [1.807, 2.05) is 6.07 Å². The zero-order valence-corrected chi connectivity index (χ0v) is 25.4. The van der Waals surface area contributed by atoms with Gasteiger partial charge in [-0.25, -0.2) is 0 Å². The summed E-state index contributed by atoms with van der Waals surface area (Å²) in [7, 11) is -2.05. The van der Waals surface area contributed by atoms with Gasteiger partial charge in [0, 0.05) is 13.0 Å². The van der Waals surface area contributed by atoms with Gasteiger partial charge >= 0.3 is 0 Å². The third-order valence-corrected chi connectivity index (χ3v) is 13.7. The monoisotopic (exact) mass is 520 g/mol. The molecule has 1 N–H and O–H groups in total. The van der Waals surface area contributed by atoms with Crippen molar-refractivity contribution in [2.24, 2.45) is 5.92 Å². The van der Waals surface area contributed by atoms with Crippen molar-refractivity contribution in [3.8, 4) is 0 Å². The topological polar surface area (TPSA) is 60.5 Å². The first-order valence-corrected chi connectivity index (χ1v) is 16.9. The summed E-state index contributed by atoms with van der Waals surface area (Å²) >= 11 is 0. The van der Waals surface area contributed by atoms with Gasteiger partial charge in [0.2, 0.25) is 0 Å². The Morgan fingerprint density at radius 1 is 1.11 bits per heavy atom. The summed E-state index contributed by atoms with van der Waals surface area (Å²) in [4.78, 5) is 0. The molecule has 5 nitrogen and oxygen atoms in total. The maximum absolute atomic E-state index is 9.29. The van der Waals surface area contributed by atoms with Crippen molar-refractivity contribution < 1.29 is 23.7 Å². The molecular formula is C30H52O5Si. The van der Waals surface area contributed by atoms with Gasteiger partial charge in [-0.15, -0.1) is 0 Å². The van der Waals surface area contributed by atoms with Crippen molar-refractivity contribution in [3.63, 3.8) is 0 Å². The summed E-state index contributed by atoms with van der Waals surface area (Å²) in [6.07, 6.45) is 4.55. The molecule has 2 saturated heterocycles. The molecule has 2 aliphatic heterocycles. The van der Waals surface area contributed by atoms with E-state index in [1.54, 1.807) is 0 Å². The summed E-state index contributed by atoms with van der Waals surface area (Å²) in [5.74, 6) is 0.365. The van der Waals surface area contributed by atoms with Crippen molar-refractivity contribution in [2.45, 2.75) is 134 Å². The fraction of sp³-hybridized carbons (Fsp3) is 0.800. The van der Waals surface area contributed by atoms with Gasteiger partial charge in [-0.3, -0.25) is 0 Å². The van der Waals surface area contributed by atoms with Crippen molar-refractivity contribution >= 4 is 8.32 Å². The Kier molecular flexibility index (Phi) is 9.23. The van der Waals surface area contributed by atoms with E-state index < -0.39 is 13.9 Å². The van der Waals surface area contributed by atoms with E-state index in [-0.39, 0.29) is 35.1 Å². The van der Waals surface area contributed by atoms with Gasteiger partial charge in [-0.05, 0) is 69.1 Å². The lowest BCUT2D eigenvalue weighted by atomic mass is 9.80. The average Bonchev–Trinajstić information content (AvgIpc) is 3.27. The summed E-state index contributed by atoms with van der Waals surface area (Å²) in [5.41, 5.74) is 0.367. The fourth-order valence-corrected chi connectivity index (χ4v) is 6.66. The molecule has 0 spiro atoms. The Balaban J connectivity index is 1.77. The highest BCUT2D eigenvalue weighted by Crippen LogP contribution is 2.53.